The number of nitrogens with zero attached hydrogens (tertiary/aromatic N) is 2. The first-order valence-electron chi connectivity index (χ1n) is 11.8. The van der Waals surface area contributed by atoms with Gasteiger partial charge in [-0.05, 0) is 48.9 Å². The van der Waals surface area contributed by atoms with Crippen molar-refractivity contribution in [2.75, 3.05) is 30.2 Å². The number of hydrogen-bond acceptors (Lipinski definition) is 4. The Morgan fingerprint density at radius 3 is 2.09 bits per heavy atom. The Bertz CT molecular complexity index is 1040. The molecule has 186 valence electrons. The van der Waals surface area contributed by atoms with Gasteiger partial charge in [0.05, 0.1) is 11.9 Å². The molecule has 0 aliphatic rings. The first-order valence-corrected chi connectivity index (χ1v) is 13.6. The second-order valence-electron chi connectivity index (χ2n) is 8.66. The number of likely N-dealkylation sites (N-methyl/N-ethyl adjacent to an activating group) is 1. The van der Waals surface area contributed by atoms with Gasteiger partial charge in [0.2, 0.25) is 21.8 Å². The highest BCUT2D eigenvalue weighted by atomic mass is 32.2. The van der Waals surface area contributed by atoms with Crippen LogP contribution in [0.1, 0.15) is 51.2 Å². The van der Waals surface area contributed by atoms with Crippen LogP contribution in [0.15, 0.2) is 54.6 Å². The SMILES string of the molecule is CCNC(=O)[C@@H](CC)N(CCc1ccccc1)C(=O)CN(c1ccc(C(C)C)cc1)S(C)(=O)=O. The number of hydrogen-bond donors (Lipinski definition) is 1. The summed E-state index contributed by atoms with van der Waals surface area (Å²) in [6.45, 7) is 8.18. The van der Waals surface area contributed by atoms with E-state index < -0.39 is 22.0 Å². The van der Waals surface area contributed by atoms with Crippen molar-refractivity contribution in [2.24, 2.45) is 0 Å². The molecule has 2 amide bonds. The maximum absolute atomic E-state index is 13.5. The normalized spacial score (nSPS) is 12.3. The molecule has 0 heterocycles. The molecule has 0 aromatic heterocycles. The van der Waals surface area contributed by atoms with Crippen molar-refractivity contribution in [3.05, 3.63) is 65.7 Å². The van der Waals surface area contributed by atoms with Gasteiger partial charge in [-0.25, -0.2) is 8.42 Å². The summed E-state index contributed by atoms with van der Waals surface area (Å²) in [6.07, 6.45) is 2.07. The Labute approximate surface area is 204 Å². The van der Waals surface area contributed by atoms with Gasteiger partial charge in [-0.15, -0.1) is 0 Å². The zero-order valence-electron chi connectivity index (χ0n) is 20.8. The summed E-state index contributed by atoms with van der Waals surface area (Å²) >= 11 is 0. The van der Waals surface area contributed by atoms with Gasteiger partial charge in [0, 0.05) is 13.1 Å². The lowest BCUT2D eigenvalue weighted by molar-refractivity contribution is -0.139. The van der Waals surface area contributed by atoms with Crippen LogP contribution in [-0.4, -0.2) is 57.1 Å². The van der Waals surface area contributed by atoms with Crippen molar-refractivity contribution < 1.29 is 18.0 Å². The van der Waals surface area contributed by atoms with Gasteiger partial charge in [-0.3, -0.25) is 13.9 Å². The van der Waals surface area contributed by atoms with E-state index in [1.165, 1.54) is 4.90 Å². The fraction of sp³-hybridized carbons (Fsp3) is 0.462. The molecule has 2 aromatic rings. The third-order valence-corrected chi connectivity index (χ3v) is 6.89. The lowest BCUT2D eigenvalue weighted by Crippen LogP contribution is -2.53. The van der Waals surface area contributed by atoms with Crippen LogP contribution in [-0.2, 0) is 26.0 Å². The van der Waals surface area contributed by atoms with Crippen LogP contribution >= 0.6 is 0 Å². The Kier molecular flexibility index (Phi) is 10.1. The molecule has 0 bridgehead atoms. The van der Waals surface area contributed by atoms with Crippen LogP contribution in [0.3, 0.4) is 0 Å². The molecule has 0 saturated carbocycles. The fourth-order valence-electron chi connectivity index (χ4n) is 3.83. The van der Waals surface area contributed by atoms with E-state index in [1.54, 1.807) is 12.1 Å². The molecular formula is C26H37N3O4S. The van der Waals surface area contributed by atoms with E-state index in [2.05, 4.69) is 19.2 Å². The number of carbonyl (C=O) groups excluding carboxylic acids is 2. The van der Waals surface area contributed by atoms with Crippen molar-refractivity contribution >= 4 is 27.5 Å². The minimum atomic E-state index is -3.72. The third kappa shape index (κ3) is 7.58. The fourth-order valence-corrected chi connectivity index (χ4v) is 4.68. The molecule has 0 spiro atoms. The predicted molar refractivity (Wildman–Crippen MR) is 137 cm³/mol. The lowest BCUT2D eigenvalue weighted by atomic mass is 10.0. The van der Waals surface area contributed by atoms with E-state index in [0.29, 0.717) is 37.5 Å². The monoisotopic (exact) mass is 487 g/mol. The molecule has 0 fully saturated rings. The van der Waals surface area contributed by atoms with Crippen molar-refractivity contribution in [2.45, 2.75) is 52.5 Å². The van der Waals surface area contributed by atoms with E-state index >= 15 is 0 Å². The van der Waals surface area contributed by atoms with Gasteiger partial charge in [0.25, 0.3) is 0 Å². The van der Waals surface area contributed by atoms with Crippen molar-refractivity contribution in [1.29, 1.82) is 0 Å². The average molecular weight is 488 g/mol. The van der Waals surface area contributed by atoms with Gasteiger partial charge >= 0.3 is 0 Å². The maximum Gasteiger partial charge on any atom is 0.244 e. The van der Waals surface area contributed by atoms with Crippen LogP contribution < -0.4 is 9.62 Å². The number of sulfonamides is 1. The van der Waals surface area contributed by atoms with Crippen LogP contribution in [0.2, 0.25) is 0 Å². The first kappa shape index (κ1) is 27.4. The largest absolute Gasteiger partial charge is 0.355 e. The Balaban J connectivity index is 2.34. The quantitative estimate of drug-likeness (QED) is 0.496. The van der Waals surface area contributed by atoms with Gasteiger partial charge < -0.3 is 10.2 Å². The van der Waals surface area contributed by atoms with E-state index in [0.717, 1.165) is 21.7 Å². The van der Waals surface area contributed by atoms with Crippen LogP contribution in [0, 0.1) is 0 Å². The van der Waals surface area contributed by atoms with E-state index in [-0.39, 0.29) is 12.5 Å². The highest BCUT2D eigenvalue weighted by Crippen LogP contribution is 2.22. The number of rotatable bonds is 12. The second kappa shape index (κ2) is 12.6. The first-order chi connectivity index (χ1) is 16.1. The number of nitrogens with one attached hydrogen (secondary N) is 1. The second-order valence-corrected chi connectivity index (χ2v) is 10.6. The molecule has 34 heavy (non-hydrogen) atoms. The highest BCUT2D eigenvalue weighted by Gasteiger charge is 2.31. The topological polar surface area (TPSA) is 86.8 Å². The van der Waals surface area contributed by atoms with Crippen LogP contribution in [0.4, 0.5) is 5.69 Å². The molecule has 0 unspecified atom stereocenters. The minimum absolute atomic E-state index is 0.237. The third-order valence-electron chi connectivity index (χ3n) is 5.75. The summed E-state index contributed by atoms with van der Waals surface area (Å²) in [5.41, 5.74) is 2.54. The Morgan fingerprint density at radius 2 is 1.59 bits per heavy atom. The predicted octanol–water partition coefficient (Wildman–Crippen LogP) is 3.56. The maximum atomic E-state index is 13.5. The Hall–Kier alpha value is -2.87. The molecule has 1 atom stereocenters. The molecule has 2 aromatic carbocycles. The van der Waals surface area contributed by atoms with Crippen molar-refractivity contribution in [1.82, 2.24) is 10.2 Å². The summed E-state index contributed by atoms with van der Waals surface area (Å²) in [6, 6.07) is 16.2. The number of carbonyl (C=O) groups is 2. The van der Waals surface area contributed by atoms with Gasteiger partial charge in [0.15, 0.2) is 0 Å². The van der Waals surface area contributed by atoms with E-state index in [9.17, 15) is 18.0 Å². The summed E-state index contributed by atoms with van der Waals surface area (Å²) in [5.74, 6) is -0.343. The minimum Gasteiger partial charge on any atom is -0.355 e. The number of anilines is 1. The molecule has 7 nitrogen and oxygen atoms in total. The van der Waals surface area contributed by atoms with Crippen molar-refractivity contribution in [3.63, 3.8) is 0 Å². The van der Waals surface area contributed by atoms with E-state index in [1.807, 2.05) is 56.3 Å². The smallest absolute Gasteiger partial charge is 0.244 e. The van der Waals surface area contributed by atoms with Crippen LogP contribution in [0.25, 0.3) is 0 Å². The molecule has 0 saturated heterocycles. The van der Waals surface area contributed by atoms with Crippen LogP contribution in [0.5, 0.6) is 0 Å². The lowest BCUT2D eigenvalue weighted by Gasteiger charge is -2.32. The standard InChI is InChI=1S/C26H37N3O4S/c1-6-24(26(31)27-7-2)28(18-17-21-11-9-8-10-12-21)25(30)19-29(34(5,32)33)23-15-13-22(14-16-23)20(3)4/h8-16,20,24H,6-7,17-19H2,1-5H3,(H,27,31)/t24-/m1/s1. The molecular weight excluding hydrogens is 450 g/mol. The van der Waals surface area contributed by atoms with Gasteiger partial charge in [0.1, 0.15) is 12.6 Å². The highest BCUT2D eigenvalue weighted by molar-refractivity contribution is 7.92. The molecule has 0 radical (unpaired) electrons. The Morgan fingerprint density at radius 1 is 0.971 bits per heavy atom. The number of benzene rings is 2. The van der Waals surface area contributed by atoms with Crippen molar-refractivity contribution in [3.8, 4) is 0 Å². The molecule has 1 N–H and O–H groups in total. The molecule has 0 aliphatic heterocycles. The summed E-state index contributed by atoms with van der Waals surface area (Å²) < 4.78 is 26.4. The zero-order chi connectivity index (χ0) is 25.3. The molecule has 2 rings (SSSR count). The van der Waals surface area contributed by atoms with Gasteiger partial charge in [-0.1, -0.05) is 63.2 Å². The summed E-state index contributed by atoms with van der Waals surface area (Å²) in [7, 11) is -3.72. The van der Waals surface area contributed by atoms with E-state index in [4.69, 9.17) is 0 Å². The average Bonchev–Trinajstić information content (AvgIpc) is 2.80. The van der Waals surface area contributed by atoms with Gasteiger partial charge in [-0.2, -0.15) is 0 Å². The zero-order valence-corrected chi connectivity index (χ0v) is 21.6. The summed E-state index contributed by atoms with van der Waals surface area (Å²) in [4.78, 5) is 27.8. The molecule has 8 heteroatoms. The summed E-state index contributed by atoms with van der Waals surface area (Å²) in [5, 5.41) is 2.80. The molecule has 0 aliphatic carbocycles. The number of amides is 2.